The van der Waals surface area contributed by atoms with Crippen LogP contribution < -0.4 is 0 Å². The zero-order valence-electron chi connectivity index (χ0n) is 14.7. The third kappa shape index (κ3) is 5.23. The van der Waals surface area contributed by atoms with E-state index in [2.05, 4.69) is 0 Å². The third-order valence-corrected chi connectivity index (χ3v) is 4.52. The van der Waals surface area contributed by atoms with Gasteiger partial charge in [-0.05, 0) is 36.6 Å². The molecule has 27 heavy (non-hydrogen) atoms. The van der Waals surface area contributed by atoms with E-state index in [4.69, 9.17) is 14.6 Å². The lowest BCUT2D eigenvalue weighted by Crippen LogP contribution is -2.29. The molecule has 2 aliphatic heterocycles. The maximum Gasteiger partial charge on any atom is 0.416 e. The molecule has 5 nitrogen and oxygen atoms in total. The Labute approximate surface area is 155 Å². The Bertz CT molecular complexity index is 683. The van der Waals surface area contributed by atoms with Gasteiger partial charge in [0.25, 0.3) is 5.91 Å². The first-order valence-electron chi connectivity index (χ1n) is 8.96. The molecule has 0 spiro atoms. The van der Waals surface area contributed by atoms with Crippen LogP contribution in [-0.4, -0.2) is 48.5 Å². The van der Waals surface area contributed by atoms with Crippen LogP contribution in [0.15, 0.2) is 36.1 Å². The molecule has 0 bridgehead atoms. The average molecular weight is 385 g/mol. The second kappa shape index (κ2) is 8.31. The second-order valence-electron chi connectivity index (χ2n) is 6.63. The molecule has 148 valence electrons. The molecule has 0 radical (unpaired) electrons. The number of rotatable bonds is 7. The standard InChI is InChI=1S/C19H22F3NO4/c20-19(21,22)15-5-3-13(4-6-15)14-11-16(18(25)23-7-8-23)27-17(12-14)26-10-2-1-9-24/h3-6,11,14,17,24H,1-2,7-10,12H2/t14-,17+/m1/s1. The van der Waals surface area contributed by atoms with Crippen molar-refractivity contribution in [3.63, 3.8) is 0 Å². The normalized spacial score (nSPS) is 22.2. The number of aliphatic hydroxyl groups excluding tert-OH is 1. The largest absolute Gasteiger partial charge is 0.459 e. The SMILES string of the molecule is O=C(C1=C[C@@H](c2ccc(C(F)(F)F)cc2)C[C@@H](OCCCCO)O1)N1CC1. The Morgan fingerprint density at radius 3 is 2.52 bits per heavy atom. The summed E-state index contributed by atoms with van der Waals surface area (Å²) < 4.78 is 49.6. The highest BCUT2D eigenvalue weighted by molar-refractivity contribution is 5.93. The summed E-state index contributed by atoms with van der Waals surface area (Å²) in [5.74, 6) is -0.325. The molecule has 0 saturated carbocycles. The second-order valence-corrected chi connectivity index (χ2v) is 6.63. The average Bonchev–Trinajstić information content (AvgIpc) is 3.49. The number of nitrogens with zero attached hydrogens (tertiary/aromatic N) is 1. The maximum atomic E-state index is 12.8. The lowest BCUT2D eigenvalue weighted by molar-refractivity contribution is -0.149. The van der Waals surface area contributed by atoms with Gasteiger partial charge in [0, 0.05) is 32.0 Å². The highest BCUT2D eigenvalue weighted by Crippen LogP contribution is 2.35. The predicted octanol–water partition coefficient (Wildman–Crippen LogP) is 3.05. The molecule has 2 aliphatic rings. The number of carbonyl (C=O) groups is 1. The van der Waals surface area contributed by atoms with Gasteiger partial charge in [-0.2, -0.15) is 13.2 Å². The van der Waals surface area contributed by atoms with E-state index < -0.39 is 18.0 Å². The van der Waals surface area contributed by atoms with Crippen LogP contribution >= 0.6 is 0 Å². The van der Waals surface area contributed by atoms with Gasteiger partial charge in [0.2, 0.25) is 6.29 Å². The summed E-state index contributed by atoms with van der Waals surface area (Å²) in [6.45, 7) is 1.79. The smallest absolute Gasteiger partial charge is 0.416 e. The number of halogens is 3. The minimum atomic E-state index is -4.39. The molecule has 0 aromatic heterocycles. The van der Waals surface area contributed by atoms with Gasteiger partial charge >= 0.3 is 6.18 Å². The number of alkyl halides is 3. The molecule has 1 aromatic carbocycles. The van der Waals surface area contributed by atoms with E-state index >= 15 is 0 Å². The van der Waals surface area contributed by atoms with Gasteiger partial charge in [-0.25, -0.2) is 0 Å². The number of benzene rings is 1. The Balaban J connectivity index is 1.74. The van der Waals surface area contributed by atoms with Gasteiger partial charge in [-0.3, -0.25) is 4.79 Å². The van der Waals surface area contributed by atoms with Crippen LogP contribution in [0.25, 0.3) is 0 Å². The van der Waals surface area contributed by atoms with Crippen LogP contribution in [0.3, 0.4) is 0 Å². The van der Waals surface area contributed by atoms with Gasteiger partial charge < -0.3 is 19.5 Å². The zero-order chi connectivity index (χ0) is 19.4. The molecule has 0 aliphatic carbocycles. The number of unbranched alkanes of at least 4 members (excludes halogenated alkanes) is 1. The molecule has 1 aromatic rings. The maximum absolute atomic E-state index is 12.8. The van der Waals surface area contributed by atoms with E-state index in [1.807, 2.05) is 0 Å². The molecule has 2 atom stereocenters. The Hall–Kier alpha value is -2.06. The van der Waals surface area contributed by atoms with Crippen LogP contribution in [-0.2, 0) is 20.4 Å². The highest BCUT2D eigenvalue weighted by atomic mass is 19.4. The topological polar surface area (TPSA) is 58.8 Å². The van der Waals surface area contributed by atoms with Crippen molar-refractivity contribution in [1.82, 2.24) is 4.90 Å². The lowest BCUT2D eigenvalue weighted by Gasteiger charge is -2.29. The van der Waals surface area contributed by atoms with Crippen LogP contribution in [0.4, 0.5) is 13.2 Å². The summed E-state index contributed by atoms with van der Waals surface area (Å²) in [6.07, 6.45) is -1.72. The Kier molecular flexibility index (Phi) is 6.06. The van der Waals surface area contributed by atoms with E-state index in [0.29, 0.717) is 44.5 Å². The molecule has 8 heteroatoms. The third-order valence-electron chi connectivity index (χ3n) is 4.52. The molecular formula is C19H22F3NO4. The van der Waals surface area contributed by atoms with Gasteiger partial charge in [-0.1, -0.05) is 12.1 Å². The molecule has 1 N–H and O–H groups in total. The highest BCUT2D eigenvalue weighted by Gasteiger charge is 2.35. The van der Waals surface area contributed by atoms with Crippen molar-refractivity contribution in [2.24, 2.45) is 0 Å². The molecule has 0 unspecified atom stereocenters. The van der Waals surface area contributed by atoms with Crippen molar-refractivity contribution in [3.8, 4) is 0 Å². The zero-order valence-corrected chi connectivity index (χ0v) is 14.7. The van der Waals surface area contributed by atoms with Crippen LogP contribution in [0, 0.1) is 0 Å². The molecule has 2 heterocycles. The number of amides is 1. The van der Waals surface area contributed by atoms with Crippen molar-refractivity contribution < 1.29 is 32.5 Å². The molecule has 1 saturated heterocycles. The van der Waals surface area contributed by atoms with Gasteiger partial charge in [0.15, 0.2) is 5.76 Å². The van der Waals surface area contributed by atoms with E-state index in [1.165, 1.54) is 12.1 Å². The minimum Gasteiger partial charge on any atom is -0.459 e. The van der Waals surface area contributed by atoms with E-state index in [-0.39, 0.29) is 24.2 Å². The summed E-state index contributed by atoms with van der Waals surface area (Å²) in [5, 5.41) is 8.83. The summed E-state index contributed by atoms with van der Waals surface area (Å²) in [4.78, 5) is 14.0. The van der Waals surface area contributed by atoms with Crippen molar-refractivity contribution >= 4 is 5.91 Å². The summed E-state index contributed by atoms with van der Waals surface area (Å²) >= 11 is 0. The number of ether oxygens (including phenoxy) is 2. The molecule has 1 fully saturated rings. The summed E-state index contributed by atoms with van der Waals surface area (Å²) in [5.41, 5.74) is -0.0363. The number of carbonyl (C=O) groups excluding carboxylic acids is 1. The van der Waals surface area contributed by atoms with Crippen molar-refractivity contribution in [1.29, 1.82) is 0 Å². The van der Waals surface area contributed by atoms with E-state index in [1.54, 1.807) is 11.0 Å². The van der Waals surface area contributed by atoms with Crippen molar-refractivity contribution in [3.05, 3.63) is 47.2 Å². The van der Waals surface area contributed by atoms with Crippen LogP contribution in [0.2, 0.25) is 0 Å². The van der Waals surface area contributed by atoms with Crippen LogP contribution in [0.5, 0.6) is 0 Å². The van der Waals surface area contributed by atoms with Crippen molar-refractivity contribution in [2.75, 3.05) is 26.3 Å². The van der Waals surface area contributed by atoms with Crippen LogP contribution in [0.1, 0.15) is 36.3 Å². The fourth-order valence-corrected chi connectivity index (χ4v) is 2.90. The van der Waals surface area contributed by atoms with E-state index in [0.717, 1.165) is 12.1 Å². The molecule has 3 rings (SSSR count). The first kappa shape index (κ1) is 19.7. The summed E-state index contributed by atoms with van der Waals surface area (Å²) in [6, 6.07) is 4.94. The quantitative estimate of drug-likeness (QED) is 0.579. The Morgan fingerprint density at radius 2 is 1.93 bits per heavy atom. The van der Waals surface area contributed by atoms with E-state index in [9.17, 15) is 18.0 Å². The van der Waals surface area contributed by atoms with Gasteiger partial charge in [0.05, 0.1) is 12.2 Å². The number of allylic oxidation sites excluding steroid dienone is 1. The fraction of sp³-hybridized carbons (Fsp3) is 0.526. The molecule has 1 amide bonds. The summed E-state index contributed by atoms with van der Waals surface area (Å²) in [7, 11) is 0. The van der Waals surface area contributed by atoms with Crippen molar-refractivity contribution in [2.45, 2.75) is 37.6 Å². The number of aliphatic hydroxyl groups is 1. The lowest BCUT2D eigenvalue weighted by atomic mass is 9.92. The molecular weight excluding hydrogens is 363 g/mol. The monoisotopic (exact) mass is 385 g/mol. The fourth-order valence-electron chi connectivity index (χ4n) is 2.90. The first-order chi connectivity index (χ1) is 12.9. The predicted molar refractivity (Wildman–Crippen MR) is 90.6 cm³/mol. The van der Waals surface area contributed by atoms with Gasteiger partial charge in [0.1, 0.15) is 0 Å². The number of hydrogen-bond acceptors (Lipinski definition) is 4. The number of hydrogen-bond donors (Lipinski definition) is 1. The first-order valence-corrected chi connectivity index (χ1v) is 8.96. The minimum absolute atomic E-state index is 0.0711. The van der Waals surface area contributed by atoms with Gasteiger partial charge in [-0.15, -0.1) is 0 Å². The Morgan fingerprint density at radius 1 is 1.22 bits per heavy atom.